The van der Waals surface area contributed by atoms with Gasteiger partial charge in [0.25, 0.3) is 10.0 Å². The molecule has 4 rings (SSSR count). The third kappa shape index (κ3) is 3.34. The highest BCUT2D eigenvalue weighted by molar-refractivity contribution is 7.93. The van der Waals surface area contributed by atoms with Crippen LogP contribution < -0.4 is 10.5 Å². The van der Waals surface area contributed by atoms with Gasteiger partial charge in [0.1, 0.15) is 0 Å². The van der Waals surface area contributed by atoms with Crippen LogP contribution in [0.1, 0.15) is 24.2 Å². The van der Waals surface area contributed by atoms with Gasteiger partial charge in [0, 0.05) is 11.4 Å². The lowest BCUT2D eigenvalue weighted by Crippen LogP contribution is -2.19. The van der Waals surface area contributed by atoms with Crippen molar-refractivity contribution in [3.63, 3.8) is 0 Å². The van der Waals surface area contributed by atoms with Gasteiger partial charge in [-0.25, -0.2) is 18.2 Å². The minimum atomic E-state index is -3.84. The average Bonchev–Trinajstić information content (AvgIpc) is 3.22. The van der Waals surface area contributed by atoms with Crippen molar-refractivity contribution >= 4 is 37.6 Å². The number of thiazole rings is 1. The molecule has 1 atom stereocenters. The summed E-state index contributed by atoms with van der Waals surface area (Å²) >= 11 is 1.20. The summed E-state index contributed by atoms with van der Waals surface area (Å²) in [4.78, 5) is 16.5. The molecule has 0 fully saturated rings. The maximum atomic E-state index is 12.6. The molecule has 1 unspecified atom stereocenters. The molecule has 0 aliphatic carbocycles. The quantitative estimate of drug-likeness (QED) is 0.535. The number of fused-ring (bicyclic) bond motifs is 1. The number of benzene rings is 2. The van der Waals surface area contributed by atoms with E-state index in [0.717, 1.165) is 11.3 Å². The summed E-state index contributed by atoms with van der Waals surface area (Å²) < 4.78 is 34.6. The molecule has 0 aliphatic rings. The highest BCUT2D eigenvalue weighted by atomic mass is 32.2. The molecule has 2 heterocycles. The van der Waals surface area contributed by atoms with Crippen LogP contribution in [0.15, 0.2) is 68.0 Å². The number of oxazole rings is 1. The molecule has 144 valence electrons. The second kappa shape index (κ2) is 6.92. The number of anilines is 1. The molecule has 2 aromatic carbocycles. The Kier molecular flexibility index (Phi) is 4.56. The average molecular weight is 415 g/mol. The molecule has 0 saturated carbocycles. The van der Waals surface area contributed by atoms with E-state index in [1.165, 1.54) is 28.0 Å². The smallest absolute Gasteiger partial charge is 0.408 e. The first-order valence-electron chi connectivity index (χ1n) is 8.50. The zero-order valence-electron chi connectivity index (χ0n) is 15.1. The molecule has 0 aliphatic heterocycles. The van der Waals surface area contributed by atoms with Gasteiger partial charge in [-0.3, -0.25) is 9.29 Å². The van der Waals surface area contributed by atoms with Gasteiger partial charge in [-0.05, 0) is 31.5 Å². The third-order valence-corrected chi connectivity index (χ3v) is 6.75. The van der Waals surface area contributed by atoms with Crippen LogP contribution >= 0.6 is 11.3 Å². The van der Waals surface area contributed by atoms with Gasteiger partial charge in [-0.2, -0.15) is 0 Å². The van der Waals surface area contributed by atoms with Crippen LogP contribution in [0.4, 0.5) is 5.13 Å². The molecular weight excluding hydrogens is 398 g/mol. The largest absolute Gasteiger partial charge is 0.420 e. The van der Waals surface area contributed by atoms with Crippen LogP contribution in [0.5, 0.6) is 0 Å². The molecule has 28 heavy (non-hydrogen) atoms. The number of nitrogens with one attached hydrogen (secondary N) is 1. The van der Waals surface area contributed by atoms with E-state index in [1.807, 2.05) is 37.3 Å². The lowest BCUT2D eigenvalue weighted by Gasteiger charge is -2.13. The van der Waals surface area contributed by atoms with E-state index in [2.05, 4.69) is 9.71 Å². The van der Waals surface area contributed by atoms with Crippen molar-refractivity contribution in [2.24, 2.45) is 0 Å². The lowest BCUT2D eigenvalue weighted by molar-refractivity contribution is 0.489. The molecule has 7 nitrogen and oxygen atoms in total. The molecule has 2 aromatic heterocycles. The van der Waals surface area contributed by atoms with Crippen molar-refractivity contribution in [3.8, 4) is 0 Å². The lowest BCUT2D eigenvalue weighted by atomic mass is 10.1. The topological polar surface area (TPSA) is 94.2 Å². The monoisotopic (exact) mass is 415 g/mol. The predicted octanol–water partition coefficient (Wildman–Crippen LogP) is 3.77. The Morgan fingerprint density at radius 1 is 1.18 bits per heavy atom. The zero-order chi connectivity index (χ0) is 19.9. The van der Waals surface area contributed by atoms with Crippen LogP contribution in [0.3, 0.4) is 0 Å². The number of rotatable bonds is 5. The first-order chi connectivity index (χ1) is 13.3. The molecule has 9 heteroatoms. The van der Waals surface area contributed by atoms with E-state index in [0.29, 0.717) is 5.52 Å². The van der Waals surface area contributed by atoms with E-state index >= 15 is 0 Å². The standard InChI is InChI=1S/C19H17N3O4S2/c1-12-11-27-18(20-12)21-28(24,25)15-8-9-16-17(10-15)26-19(23)22(16)13(2)14-6-4-3-5-7-14/h3-11,13H,1-2H3,(H,20,21). The van der Waals surface area contributed by atoms with Gasteiger partial charge in [0.15, 0.2) is 10.7 Å². The first-order valence-corrected chi connectivity index (χ1v) is 10.9. The summed E-state index contributed by atoms with van der Waals surface area (Å²) in [5.41, 5.74) is 2.43. The number of hydrogen-bond donors (Lipinski definition) is 1. The van der Waals surface area contributed by atoms with Crippen molar-refractivity contribution in [3.05, 3.63) is 75.7 Å². The molecule has 0 bridgehead atoms. The summed E-state index contributed by atoms with van der Waals surface area (Å²) in [6.07, 6.45) is 0. The number of aryl methyl sites for hydroxylation is 1. The number of nitrogens with zero attached hydrogens (tertiary/aromatic N) is 2. The normalized spacial score (nSPS) is 12.9. The number of sulfonamides is 1. The molecule has 0 spiro atoms. The summed E-state index contributed by atoms with van der Waals surface area (Å²) in [5, 5.41) is 2.04. The van der Waals surface area contributed by atoms with E-state index in [4.69, 9.17) is 4.42 Å². The van der Waals surface area contributed by atoms with E-state index < -0.39 is 15.8 Å². The summed E-state index contributed by atoms with van der Waals surface area (Å²) in [5.74, 6) is -0.538. The fourth-order valence-electron chi connectivity index (χ4n) is 3.01. The molecule has 0 amide bonds. The Balaban J connectivity index is 1.74. The Morgan fingerprint density at radius 2 is 1.93 bits per heavy atom. The fourth-order valence-corrected chi connectivity index (χ4v) is 4.96. The fraction of sp³-hybridized carbons (Fsp3) is 0.158. The summed E-state index contributed by atoms with van der Waals surface area (Å²) in [7, 11) is -3.84. The van der Waals surface area contributed by atoms with Gasteiger partial charge >= 0.3 is 5.76 Å². The molecule has 0 saturated heterocycles. The van der Waals surface area contributed by atoms with Crippen molar-refractivity contribution in [1.82, 2.24) is 9.55 Å². The number of aromatic nitrogens is 2. The van der Waals surface area contributed by atoms with Gasteiger partial charge in [-0.1, -0.05) is 30.3 Å². The minimum Gasteiger partial charge on any atom is -0.408 e. The van der Waals surface area contributed by atoms with Crippen LogP contribution in [0.25, 0.3) is 11.1 Å². The Hall–Kier alpha value is -2.91. The van der Waals surface area contributed by atoms with Gasteiger partial charge < -0.3 is 4.42 Å². The molecule has 4 aromatic rings. The van der Waals surface area contributed by atoms with E-state index in [1.54, 1.807) is 18.4 Å². The maximum Gasteiger partial charge on any atom is 0.420 e. The third-order valence-electron chi connectivity index (χ3n) is 4.41. The minimum absolute atomic E-state index is 0.00103. The van der Waals surface area contributed by atoms with E-state index in [9.17, 15) is 13.2 Å². The second-order valence-corrected chi connectivity index (χ2v) is 8.89. The van der Waals surface area contributed by atoms with Crippen LogP contribution in [-0.4, -0.2) is 18.0 Å². The summed E-state index contributed by atoms with van der Waals surface area (Å²) in [6.45, 7) is 3.67. The van der Waals surface area contributed by atoms with Crippen molar-refractivity contribution < 1.29 is 12.8 Å². The highest BCUT2D eigenvalue weighted by Crippen LogP contribution is 2.26. The van der Waals surface area contributed by atoms with Gasteiger partial charge in [-0.15, -0.1) is 11.3 Å². The van der Waals surface area contributed by atoms with Crippen molar-refractivity contribution in [1.29, 1.82) is 0 Å². The Labute approximate surface area is 165 Å². The maximum absolute atomic E-state index is 12.6. The van der Waals surface area contributed by atoms with Crippen LogP contribution in [-0.2, 0) is 10.0 Å². The van der Waals surface area contributed by atoms with Crippen LogP contribution in [0.2, 0.25) is 0 Å². The van der Waals surface area contributed by atoms with Gasteiger partial charge in [0.2, 0.25) is 0 Å². The van der Waals surface area contributed by atoms with Crippen molar-refractivity contribution in [2.75, 3.05) is 4.72 Å². The zero-order valence-corrected chi connectivity index (χ0v) is 16.8. The van der Waals surface area contributed by atoms with Crippen molar-refractivity contribution in [2.45, 2.75) is 24.8 Å². The molecular formula is C19H17N3O4S2. The van der Waals surface area contributed by atoms with Gasteiger partial charge in [0.05, 0.1) is 22.1 Å². The Bertz CT molecular complexity index is 1300. The number of hydrogen-bond acceptors (Lipinski definition) is 6. The first kappa shape index (κ1) is 18.5. The highest BCUT2D eigenvalue weighted by Gasteiger charge is 2.21. The molecule has 1 N–H and O–H groups in total. The van der Waals surface area contributed by atoms with Crippen LogP contribution in [0, 0.1) is 6.92 Å². The predicted molar refractivity (Wildman–Crippen MR) is 108 cm³/mol. The Morgan fingerprint density at radius 3 is 2.61 bits per heavy atom. The SMILES string of the molecule is Cc1csc(NS(=O)(=O)c2ccc3c(c2)oc(=O)n3C(C)c2ccccc2)n1. The second-order valence-electron chi connectivity index (χ2n) is 6.35. The van der Waals surface area contributed by atoms with E-state index in [-0.39, 0.29) is 21.7 Å². The summed E-state index contributed by atoms with van der Waals surface area (Å²) in [6, 6.07) is 13.7. The molecule has 0 radical (unpaired) electrons.